The van der Waals surface area contributed by atoms with Crippen LogP contribution in [0.4, 0.5) is 0 Å². The molecule has 1 unspecified atom stereocenters. The van der Waals surface area contributed by atoms with Crippen LogP contribution in [-0.2, 0) is 9.84 Å². The highest BCUT2D eigenvalue weighted by Gasteiger charge is 2.21. The Labute approximate surface area is 98.2 Å². The summed E-state index contributed by atoms with van der Waals surface area (Å²) in [7, 11) is -2.85. The minimum atomic E-state index is -2.85. The van der Waals surface area contributed by atoms with Crippen LogP contribution in [0.1, 0.15) is 32.6 Å². The van der Waals surface area contributed by atoms with Crippen molar-refractivity contribution < 1.29 is 8.42 Å². The van der Waals surface area contributed by atoms with E-state index in [4.69, 9.17) is 5.26 Å². The van der Waals surface area contributed by atoms with Crippen molar-refractivity contribution in [3.63, 3.8) is 0 Å². The van der Waals surface area contributed by atoms with Gasteiger partial charge >= 0.3 is 0 Å². The van der Waals surface area contributed by atoms with Crippen molar-refractivity contribution in [3.8, 4) is 6.07 Å². The van der Waals surface area contributed by atoms with Crippen molar-refractivity contribution in [2.24, 2.45) is 0 Å². The highest BCUT2D eigenvalue weighted by molar-refractivity contribution is 7.91. The zero-order valence-corrected chi connectivity index (χ0v) is 10.7. The van der Waals surface area contributed by atoms with Gasteiger partial charge < -0.3 is 0 Å². The fraction of sp³-hybridized carbons (Fsp3) is 0.909. The minimum Gasteiger partial charge on any atom is -0.288 e. The van der Waals surface area contributed by atoms with Crippen LogP contribution < -0.4 is 0 Å². The Hall–Kier alpha value is -0.600. The van der Waals surface area contributed by atoms with Crippen molar-refractivity contribution in [3.05, 3.63) is 0 Å². The Kier molecular flexibility index (Phi) is 5.23. The molecule has 0 amide bonds. The third-order valence-corrected chi connectivity index (χ3v) is 4.89. The van der Waals surface area contributed by atoms with Crippen LogP contribution in [0.2, 0.25) is 0 Å². The van der Waals surface area contributed by atoms with Gasteiger partial charge in [0.2, 0.25) is 0 Å². The Morgan fingerprint density at radius 1 is 1.44 bits per heavy atom. The maximum Gasteiger partial charge on any atom is 0.150 e. The lowest BCUT2D eigenvalue weighted by molar-refractivity contribution is 0.185. The van der Waals surface area contributed by atoms with E-state index >= 15 is 0 Å². The molecule has 0 bridgehead atoms. The van der Waals surface area contributed by atoms with Crippen LogP contribution in [0.25, 0.3) is 0 Å². The molecule has 5 heteroatoms. The van der Waals surface area contributed by atoms with E-state index < -0.39 is 9.84 Å². The normalized spacial score (nSPS) is 22.9. The summed E-state index contributed by atoms with van der Waals surface area (Å²) in [6, 6.07) is 2.29. The highest BCUT2D eigenvalue weighted by Crippen LogP contribution is 2.16. The summed E-state index contributed by atoms with van der Waals surface area (Å²) < 4.78 is 22.6. The van der Waals surface area contributed by atoms with E-state index in [1.165, 1.54) is 0 Å². The van der Waals surface area contributed by atoms with Gasteiger partial charge in [-0.15, -0.1) is 0 Å². The smallest absolute Gasteiger partial charge is 0.150 e. The molecule has 16 heavy (non-hydrogen) atoms. The monoisotopic (exact) mass is 244 g/mol. The van der Waals surface area contributed by atoms with Gasteiger partial charge in [0.05, 0.1) is 17.9 Å². The number of nitrogens with zero attached hydrogens (tertiary/aromatic N) is 2. The summed E-state index contributed by atoms with van der Waals surface area (Å²) in [4.78, 5) is 2.12. The molecule has 0 spiro atoms. The van der Waals surface area contributed by atoms with Crippen LogP contribution in [0.5, 0.6) is 0 Å². The topological polar surface area (TPSA) is 61.2 Å². The van der Waals surface area contributed by atoms with Crippen molar-refractivity contribution >= 4 is 9.84 Å². The largest absolute Gasteiger partial charge is 0.288 e. The zero-order valence-electron chi connectivity index (χ0n) is 9.85. The molecule has 0 saturated carbocycles. The number of piperidine rings is 1. The second-order valence-corrected chi connectivity index (χ2v) is 6.74. The van der Waals surface area contributed by atoms with Gasteiger partial charge in [-0.05, 0) is 32.2 Å². The number of nitriles is 1. The molecule has 1 heterocycles. The molecule has 4 nitrogen and oxygen atoms in total. The molecule has 1 atom stereocenters. The molecule has 1 aliphatic rings. The molecular formula is C11H20N2O2S. The second-order valence-electron chi connectivity index (χ2n) is 4.27. The number of likely N-dealkylation sites (tertiary alicyclic amines) is 1. The Morgan fingerprint density at radius 3 is 2.81 bits per heavy atom. The fourth-order valence-electron chi connectivity index (χ4n) is 2.04. The lowest BCUT2D eigenvalue weighted by Gasteiger charge is -2.31. The average Bonchev–Trinajstić information content (AvgIpc) is 2.29. The number of rotatable bonds is 5. The molecular weight excluding hydrogens is 224 g/mol. The standard InChI is InChI=1S/C11H20N2O2S/c1-2-16(14,15)9-5-8-13-7-4-3-6-11(13)10-12/h11H,2-9H2,1H3. The first kappa shape index (κ1) is 13.5. The molecule has 0 radical (unpaired) electrons. The van der Waals surface area contributed by atoms with Crippen LogP contribution in [0, 0.1) is 11.3 Å². The van der Waals surface area contributed by atoms with E-state index in [2.05, 4.69) is 11.0 Å². The van der Waals surface area contributed by atoms with Crippen LogP contribution >= 0.6 is 0 Å². The Bertz CT molecular complexity index is 345. The third-order valence-electron chi connectivity index (χ3n) is 3.10. The number of sulfone groups is 1. The summed E-state index contributed by atoms with van der Waals surface area (Å²) in [6.45, 7) is 3.34. The molecule has 1 rings (SSSR count). The lowest BCUT2D eigenvalue weighted by atomic mass is 10.0. The molecule has 1 saturated heterocycles. The molecule has 0 aromatic heterocycles. The first-order valence-corrected chi connectivity index (χ1v) is 7.75. The van der Waals surface area contributed by atoms with Crippen molar-refractivity contribution in [2.75, 3.05) is 24.6 Å². The second kappa shape index (κ2) is 6.21. The fourth-order valence-corrected chi connectivity index (χ4v) is 2.89. The van der Waals surface area contributed by atoms with E-state index in [1.807, 2.05) is 0 Å². The Balaban J connectivity index is 2.34. The SMILES string of the molecule is CCS(=O)(=O)CCCN1CCCCC1C#N. The van der Waals surface area contributed by atoms with E-state index in [0.29, 0.717) is 6.42 Å². The maximum absolute atomic E-state index is 11.3. The summed E-state index contributed by atoms with van der Waals surface area (Å²) in [5.41, 5.74) is 0. The Morgan fingerprint density at radius 2 is 2.19 bits per heavy atom. The van der Waals surface area contributed by atoms with Gasteiger partial charge in [0, 0.05) is 12.3 Å². The zero-order chi connectivity index (χ0) is 12.0. The van der Waals surface area contributed by atoms with Gasteiger partial charge in [-0.25, -0.2) is 8.42 Å². The van der Waals surface area contributed by atoms with E-state index in [1.54, 1.807) is 6.92 Å². The van der Waals surface area contributed by atoms with E-state index in [-0.39, 0.29) is 17.5 Å². The van der Waals surface area contributed by atoms with Gasteiger partial charge in [0.1, 0.15) is 9.84 Å². The number of hydrogen-bond acceptors (Lipinski definition) is 4. The van der Waals surface area contributed by atoms with Crippen LogP contribution in [0.15, 0.2) is 0 Å². The molecule has 92 valence electrons. The quantitative estimate of drug-likeness (QED) is 0.729. The third kappa shape index (κ3) is 4.11. The molecule has 0 N–H and O–H groups in total. The van der Waals surface area contributed by atoms with E-state index in [9.17, 15) is 8.42 Å². The first-order valence-electron chi connectivity index (χ1n) is 5.93. The summed E-state index contributed by atoms with van der Waals surface area (Å²) >= 11 is 0. The summed E-state index contributed by atoms with van der Waals surface area (Å²) in [5, 5.41) is 8.96. The number of hydrogen-bond donors (Lipinski definition) is 0. The minimum absolute atomic E-state index is 0.00178. The van der Waals surface area contributed by atoms with Gasteiger partial charge in [0.15, 0.2) is 0 Å². The predicted molar refractivity (Wildman–Crippen MR) is 63.8 cm³/mol. The predicted octanol–water partition coefficient (Wildman–Crippen LogP) is 1.19. The summed E-state index contributed by atoms with van der Waals surface area (Å²) in [6.07, 6.45) is 3.81. The van der Waals surface area contributed by atoms with Crippen molar-refractivity contribution in [1.29, 1.82) is 5.26 Å². The summed E-state index contributed by atoms with van der Waals surface area (Å²) in [5.74, 6) is 0.465. The first-order chi connectivity index (χ1) is 7.59. The maximum atomic E-state index is 11.3. The van der Waals surface area contributed by atoms with E-state index in [0.717, 1.165) is 32.4 Å². The van der Waals surface area contributed by atoms with Gasteiger partial charge in [-0.2, -0.15) is 5.26 Å². The molecule has 0 aromatic carbocycles. The lowest BCUT2D eigenvalue weighted by Crippen LogP contribution is -2.39. The van der Waals surface area contributed by atoms with Crippen LogP contribution in [-0.4, -0.2) is 44.0 Å². The van der Waals surface area contributed by atoms with Crippen molar-refractivity contribution in [2.45, 2.75) is 38.6 Å². The molecule has 0 aliphatic carbocycles. The average molecular weight is 244 g/mol. The van der Waals surface area contributed by atoms with Crippen molar-refractivity contribution in [1.82, 2.24) is 4.90 Å². The molecule has 1 aliphatic heterocycles. The van der Waals surface area contributed by atoms with Crippen LogP contribution in [0.3, 0.4) is 0 Å². The molecule has 0 aromatic rings. The van der Waals surface area contributed by atoms with Gasteiger partial charge in [-0.1, -0.05) is 6.92 Å². The highest BCUT2D eigenvalue weighted by atomic mass is 32.2. The van der Waals surface area contributed by atoms with Gasteiger partial charge in [0.25, 0.3) is 0 Å². The van der Waals surface area contributed by atoms with Gasteiger partial charge in [-0.3, -0.25) is 4.90 Å². The molecule has 1 fully saturated rings.